The summed E-state index contributed by atoms with van der Waals surface area (Å²) in [6, 6.07) is 10.1. The van der Waals surface area contributed by atoms with Crippen molar-refractivity contribution in [1.82, 2.24) is 0 Å². The average molecular weight is 440 g/mol. The largest absolute Gasteiger partial charge is 0.490 e. The quantitative estimate of drug-likeness (QED) is 0.394. The van der Waals surface area contributed by atoms with Gasteiger partial charge in [-0.3, -0.25) is 0 Å². The van der Waals surface area contributed by atoms with Crippen LogP contribution in [0.5, 0.6) is 11.5 Å². The van der Waals surface area contributed by atoms with Gasteiger partial charge in [0.2, 0.25) is 0 Å². The summed E-state index contributed by atoms with van der Waals surface area (Å²) in [4.78, 5) is 16.1. The lowest BCUT2D eigenvalue weighted by Crippen LogP contribution is -2.17. The Balaban J connectivity index is 2.17. The van der Waals surface area contributed by atoms with Gasteiger partial charge in [-0.25, -0.2) is 4.79 Å². The van der Waals surface area contributed by atoms with Gasteiger partial charge in [0.25, 0.3) is 0 Å². The Morgan fingerprint density at radius 2 is 1.79 bits per heavy atom. The summed E-state index contributed by atoms with van der Waals surface area (Å²) in [6.07, 6.45) is 0.886. The molecule has 29 heavy (non-hydrogen) atoms. The van der Waals surface area contributed by atoms with Crippen LogP contribution in [0.3, 0.4) is 0 Å². The summed E-state index contributed by atoms with van der Waals surface area (Å²) < 4.78 is 11.5. The highest BCUT2D eigenvalue weighted by Gasteiger charge is 2.18. The molecule has 156 valence electrons. The van der Waals surface area contributed by atoms with Crippen LogP contribution in [0.25, 0.3) is 0 Å². The first-order valence-corrected chi connectivity index (χ1v) is 9.76. The molecule has 0 aliphatic rings. The number of aliphatic carboxylic acids is 1. The molecule has 0 fully saturated rings. The third kappa shape index (κ3) is 6.54. The van der Waals surface area contributed by atoms with E-state index in [2.05, 4.69) is 23.8 Å². The second-order valence-corrected chi connectivity index (χ2v) is 7.43. The molecule has 0 heterocycles. The van der Waals surface area contributed by atoms with E-state index in [9.17, 15) is 9.90 Å². The summed E-state index contributed by atoms with van der Waals surface area (Å²) >= 11 is 12.6. The van der Waals surface area contributed by atoms with E-state index in [1.54, 1.807) is 36.4 Å². The van der Waals surface area contributed by atoms with Crippen molar-refractivity contribution >= 4 is 34.9 Å². The van der Waals surface area contributed by atoms with Gasteiger partial charge in [-0.1, -0.05) is 66.5 Å². The van der Waals surface area contributed by atoms with E-state index in [1.165, 1.54) is 7.11 Å². The molecule has 0 aliphatic heterocycles. The second-order valence-electron chi connectivity index (χ2n) is 6.62. The van der Waals surface area contributed by atoms with Crippen molar-refractivity contribution in [3.05, 3.63) is 57.6 Å². The maximum absolute atomic E-state index is 11.5. The predicted octanol–water partition coefficient (Wildman–Crippen LogP) is 5.43. The first-order chi connectivity index (χ1) is 13.8. The number of carboxylic acids is 1. The number of carboxylic acid groups (broad SMARTS) is 1. The van der Waals surface area contributed by atoms with Crippen LogP contribution in [0, 0.1) is 5.92 Å². The Morgan fingerprint density at radius 1 is 1.14 bits per heavy atom. The number of carbonyl (C=O) groups is 1. The summed E-state index contributed by atoms with van der Waals surface area (Å²) in [7, 11) is 1.29. The minimum absolute atomic E-state index is 0.0897. The van der Waals surface area contributed by atoms with Crippen LogP contribution in [-0.4, -0.2) is 30.5 Å². The van der Waals surface area contributed by atoms with Crippen molar-refractivity contribution in [2.75, 3.05) is 13.7 Å². The van der Waals surface area contributed by atoms with Gasteiger partial charge in [0, 0.05) is 17.7 Å². The third-order valence-corrected chi connectivity index (χ3v) is 4.53. The maximum atomic E-state index is 11.5. The van der Waals surface area contributed by atoms with Gasteiger partial charge in [0.05, 0.1) is 16.7 Å². The van der Waals surface area contributed by atoms with Crippen LogP contribution in [-0.2, 0) is 16.2 Å². The fourth-order valence-corrected chi connectivity index (χ4v) is 3.06. The van der Waals surface area contributed by atoms with Crippen LogP contribution >= 0.6 is 23.2 Å². The summed E-state index contributed by atoms with van der Waals surface area (Å²) in [5, 5.41) is 13.7. The molecule has 2 rings (SSSR count). The average Bonchev–Trinajstić information content (AvgIpc) is 2.66. The molecule has 0 bridgehead atoms. The van der Waals surface area contributed by atoms with Crippen molar-refractivity contribution in [3.63, 3.8) is 0 Å². The first-order valence-electron chi connectivity index (χ1n) is 9.00. The fourth-order valence-electron chi connectivity index (χ4n) is 2.49. The molecule has 6 nitrogen and oxygen atoms in total. The molecule has 0 spiro atoms. The van der Waals surface area contributed by atoms with Gasteiger partial charge < -0.3 is 19.4 Å². The molecule has 0 unspecified atom stereocenters. The zero-order valence-electron chi connectivity index (χ0n) is 16.4. The van der Waals surface area contributed by atoms with E-state index in [-0.39, 0.29) is 12.3 Å². The van der Waals surface area contributed by atoms with E-state index < -0.39 is 5.97 Å². The Labute approximate surface area is 180 Å². The lowest BCUT2D eigenvalue weighted by atomic mass is 10.0. The zero-order valence-corrected chi connectivity index (χ0v) is 18.0. The molecule has 0 amide bonds. The molecule has 2 aromatic rings. The smallest absolute Gasteiger partial charge is 0.358 e. The van der Waals surface area contributed by atoms with Crippen LogP contribution in [0.2, 0.25) is 10.0 Å². The standard InChI is InChI=1S/C21H23Cl2NO5/c1-13(2)8-9-28-20-17(22)10-15(11-18(20)23)29-12-14-6-4-5-7-16(14)19(21(25)26)24-27-3/h4-7,10-11,13H,8-9,12H2,1-3H3,(H,25,26)/b24-19+. The van der Waals surface area contributed by atoms with Gasteiger partial charge >= 0.3 is 5.97 Å². The van der Waals surface area contributed by atoms with Crippen molar-refractivity contribution < 1.29 is 24.2 Å². The highest BCUT2D eigenvalue weighted by Crippen LogP contribution is 2.37. The van der Waals surface area contributed by atoms with Crippen molar-refractivity contribution in [1.29, 1.82) is 0 Å². The van der Waals surface area contributed by atoms with E-state index in [0.29, 0.717) is 45.2 Å². The fraction of sp³-hybridized carbons (Fsp3) is 0.333. The zero-order chi connectivity index (χ0) is 21.4. The van der Waals surface area contributed by atoms with Crippen molar-refractivity contribution in [2.24, 2.45) is 11.1 Å². The number of oxime groups is 1. The normalized spacial score (nSPS) is 11.4. The number of ether oxygens (including phenoxy) is 2. The Kier molecular flexibility index (Phi) is 8.61. The molecule has 8 heteroatoms. The second kappa shape index (κ2) is 10.9. The lowest BCUT2D eigenvalue weighted by molar-refractivity contribution is -0.129. The number of hydrogen-bond donors (Lipinski definition) is 1. The minimum Gasteiger partial charge on any atom is -0.490 e. The van der Waals surface area contributed by atoms with Gasteiger partial charge in [-0.05, 0) is 17.9 Å². The molecule has 0 saturated heterocycles. The molecule has 0 radical (unpaired) electrons. The molecule has 0 saturated carbocycles. The molecular weight excluding hydrogens is 417 g/mol. The topological polar surface area (TPSA) is 77.4 Å². The molecule has 2 aromatic carbocycles. The molecular formula is C21H23Cl2NO5. The van der Waals surface area contributed by atoms with Crippen LogP contribution in [0.1, 0.15) is 31.4 Å². The number of rotatable bonds is 10. The molecule has 1 N–H and O–H groups in total. The van der Waals surface area contributed by atoms with Gasteiger partial charge in [0.1, 0.15) is 19.5 Å². The van der Waals surface area contributed by atoms with Crippen molar-refractivity contribution in [2.45, 2.75) is 26.9 Å². The van der Waals surface area contributed by atoms with Crippen LogP contribution in [0.4, 0.5) is 0 Å². The van der Waals surface area contributed by atoms with Crippen LogP contribution in [0.15, 0.2) is 41.6 Å². The van der Waals surface area contributed by atoms with E-state index in [0.717, 1.165) is 6.42 Å². The predicted molar refractivity (Wildman–Crippen MR) is 113 cm³/mol. The molecule has 0 atom stereocenters. The lowest BCUT2D eigenvalue weighted by Gasteiger charge is -2.14. The SMILES string of the molecule is CO/N=C(/C(=O)O)c1ccccc1COc1cc(Cl)c(OCCC(C)C)c(Cl)c1. The first kappa shape index (κ1) is 22.8. The number of benzene rings is 2. The summed E-state index contributed by atoms with van der Waals surface area (Å²) in [5.74, 6) is 0.162. The van der Waals surface area contributed by atoms with Crippen LogP contribution < -0.4 is 9.47 Å². The third-order valence-electron chi connectivity index (χ3n) is 3.97. The van der Waals surface area contributed by atoms with Crippen molar-refractivity contribution in [3.8, 4) is 11.5 Å². The summed E-state index contributed by atoms with van der Waals surface area (Å²) in [6.45, 7) is 4.82. The molecule has 0 aliphatic carbocycles. The Hall–Kier alpha value is -2.44. The van der Waals surface area contributed by atoms with Gasteiger partial charge in [-0.2, -0.15) is 0 Å². The Bertz CT molecular complexity index is 860. The minimum atomic E-state index is -1.20. The highest BCUT2D eigenvalue weighted by molar-refractivity contribution is 6.42. The summed E-state index contributed by atoms with van der Waals surface area (Å²) in [5.41, 5.74) is 0.805. The monoisotopic (exact) mass is 439 g/mol. The molecule has 0 aromatic heterocycles. The van der Waals surface area contributed by atoms with Gasteiger partial charge in [-0.15, -0.1) is 0 Å². The van der Waals surface area contributed by atoms with E-state index in [1.807, 2.05) is 0 Å². The maximum Gasteiger partial charge on any atom is 0.358 e. The van der Waals surface area contributed by atoms with E-state index >= 15 is 0 Å². The highest BCUT2D eigenvalue weighted by atomic mass is 35.5. The number of hydrogen-bond acceptors (Lipinski definition) is 5. The van der Waals surface area contributed by atoms with Gasteiger partial charge in [0.15, 0.2) is 11.5 Å². The number of nitrogens with zero attached hydrogens (tertiary/aromatic N) is 1. The Morgan fingerprint density at radius 3 is 2.38 bits per heavy atom. The number of halogens is 2. The van der Waals surface area contributed by atoms with E-state index in [4.69, 9.17) is 32.7 Å².